The fourth-order valence-electron chi connectivity index (χ4n) is 2.58. The van der Waals surface area contributed by atoms with Gasteiger partial charge in [-0.05, 0) is 48.9 Å². The third-order valence-electron chi connectivity index (χ3n) is 3.95. The Labute approximate surface area is 123 Å². The van der Waals surface area contributed by atoms with E-state index >= 15 is 0 Å². The Morgan fingerprint density at radius 3 is 2.85 bits per heavy atom. The fraction of sp³-hybridized carbons (Fsp3) is 0.353. The molecule has 1 aromatic carbocycles. The molecule has 0 radical (unpaired) electrons. The van der Waals surface area contributed by atoms with E-state index < -0.39 is 0 Å². The third kappa shape index (κ3) is 2.38. The van der Waals surface area contributed by atoms with Gasteiger partial charge < -0.3 is 5.32 Å². The number of aryl methyl sites for hydroxylation is 2. The van der Waals surface area contributed by atoms with Crippen molar-refractivity contribution in [3.8, 4) is 10.4 Å². The minimum absolute atomic E-state index is 0.0660. The molecule has 0 fully saturated rings. The highest BCUT2D eigenvalue weighted by Crippen LogP contribution is 2.39. The Hall–Kier alpha value is -1.61. The van der Waals surface area contributed by atoms with Gasteiger partial charge in [-0.15, -0.1) is 11.3 Å². The molecule has 1 amide bonds. The van der Waals surface area contributed by atoms with Crippen LogP contribution in [0.5, 0.6) is 0 Å². The van der Waals surface area contributed by atoms with E-state index in [2.05, 4.69) is 42.6 Å². The maximum atomic E-state index is 12.2. The van der Waals surface area contributed by atoms with Gasteiger partial charge in [0.2, 0.25) is 0 Å². The van der Waals surface area contributed by atoms with Crippen molar-refractivity contribution in [2.45, 2.75) is 39.2 Å². The molecular formula is C17H19NOS. The normalized spacial score (nSPS) is 14.3. The predicted molar refractivity (Wildman–Crippen MR) is 84.4 cm³/mol. The molecule has 2 aromatic rings. The minimum Gasteiger partial charge on any atom is -0.349 e. The summed E-state index contributed by atoms with van der Waals surface area (Å²) in [6.07, 6.45) is 3.07. The predicted octanol–water partition coefficient (Wildman–Crippen LogP) is 4.04. The molecule has 0 aliphatic heterocycles. The van der Waals surface area contributed by atoms with Gasteiger partial charge in [-0.2, -0.15) is 0 Å². The monoisotopic (exact) mass is 285 g/mol. The van der Waals surface area contributed by atoms with E-state index in [1.165, 1.54) is 21.6 Å². The average molecular weight is 285 g/mol. The van der Waals surface area contributed by atoms with Gasteiger partial charge in [0.15, 0.2) is 0 Å². The Kier molecular flexibility index (Phi) is 3.62. The van der Waals surface area contributed by atoms with Crippen molar-refractivity contribution in [3.63, 3.8) is 0 Å². The first-order chi connectivity index (χ1) is 9.69. The van der Waals surface area contributed by atoms with Crippen molar-refractivity contribution in [1.29, 1.82) is 0 Å². The largest absolute Gasteiger partial charge is 0.349 e. The summed E-state index contributed by atoms with van der Waals surface area (Å²) in [5, 5.41) is 3.05. The van der Waals surface area contributed by atoms with E-state index in [1.54, 1.807) is 11.3 Å². The van der Waals surface area contributed by atoms with Crippen molar-refractivity contribution >= 4 is 17.2 Å². The molecular weight excluding hydrogens is 266 g/mol. The van der Waals surface area contributed by atoms with Crippen LogP contribution >= 0.6 is 11.3 Å². The summed E-state index contributed by atoms with van der Waals surface area (Å²) < 4.78 is 0. The summed E-state index contributed by atoms with van der Waals surface area (Å²) in [4.78, 5) is 14.4. The van der Waals surface area contributed by atoms with Gasteiger partial charge in [0.25, 0.3) is 5.91 Å². The van der Waals surface area contributed by atoms with Gasteiger partial charge in [-0.3, -0.25) is 4.79 Å². The molecule has 1 atom stereocenters. The average Bonchev–Trinajstić information content (AvgIpc) is 2.91. The first kappa shape index (κ1) is 13.4. The number of fused-ring (bicyclic) bond motifs is 3. The number of hydrogen-bond donors (Lipinski definition) is 1. The van der Waals surface area contributed by atoms with Crippen molar-refractivity contribution in [2.75, 3.05) is 0 Å². The number of amides is 1. The minimum atomic E-state index is 0.0660. The Morgan fingerprint density at radius 1 is 1.30 bits per heavy atom. The number of hydrogen-bond acceptors (Lipinski definition) is 2. The molecule has 1 aliphatic carbocycles. The van der Waals surface area contributed by atoms with E-state index in [4.69, 9.17) is 0 Å². The molecule has 3 rings (SSSR count). The molecule has 1 heterocycles. The van der Waals surface area contributed by atoms with Crippen LogP contribution in [0.25, 0.3) is 10.4 Å². The molecule has 3 heteroatoms. The lowest BCUT2D eigenvalue weighted by Gasteiger charge is -2.15. The molecule has 0 bridgehead atoms. The molecule has 0 spiro atoms. The zero-order valence-corrected chi connectivity index (χ0v) is 12.7. The van der Waals surface area contributed by atoms with Crippen LogP contribution < -0.4 is 5.32 Å². The van der Waals surface area contributed by atoms with E-state index in [0.29, 0.717) is 0 Å². The molecule has 0 saturated carbocycles. The maximum Gasteiger partial charge on any atom is 0.261 e. The second-order valence-electron chi connectivity index (χ2n) is 5.40. The molecule has 2 nitrogen and oxygen atoms in total. The highest BCUT2D eigenvalue weighted by atomic mass is 32.1. The lowest BCUT2D eigenvalue weighted by atomic mass is 9.91. The Bertz CT molecular complexity index is 644. The number of benzene rings is 1. The van der Waals surface area contributed by atoms with Crippen LogP contribution in [0.4, 0.5) is 0 Å². The Balaban J connectivity index is 1.92. The zero-order valence-electron chi connectivity index (χ0n) is 11.9. The summed E-state index contributed by atoms with van der Waals surface area (Å²) >= 11 is 1.63. The summed E-state index contributed by atoms with van der Waals surface area (Å²) in [5.41, 5.74) is 4.03. The molecule has 20 heavy (non-hydrogen) atoms. The summed E-state index contributed by atoms with van der Waals surface area (Å²) in [6.45, 7) is 4.13. The number of carbonyl (C=O) groups is 1. The van der Waals surface area contributed by atoms with Gasteiger partial charge in [-0.25, -0.2) is 0 Å². The highest BCUT2D eigenvalue weighted by molar-refractivity contribution is 7.17. The topological polar surface area (TPSA) is 29.1 Å². The number of carbonyl (C=O) groups excluding carboxylic acids is 1. The van der Waals surface area contributed by atoms with Crippen LogP contribution in [-0.4, -0.2) is 11.9 Å². The fourth-order valence-corrected chi connectivity index (χ4v) is 3.75. The van der Waals surface area contributed by atoms with E-state index in [0.717, 1.165) is 24.1 Å². The van der Waals surface area contributed by atoms with Gasteiger partial charge >= 0.3 is 0 Å². The lowest BCUT2D eigenvalue weighted by molar-refractivity contribution is 0.0943. The Morgan fingerprint density at radius 2 is 2.05 bits per heavy atom. The van der Waals surface area contributed by atoms with Gasteiger partial charge in [-0.1, -0.05) is 31.2 Å². The van der Waals surface area contributed by atoms with Crippen LogP contribution in [-0.2, 0) is 12.8 Å². The smallest absolute Gasteiger partial charge is 0.261 e. The SMILES string of the molecule is CCC(C)NC(=O)c1cc2c(s1)-c1ccccc1CC2. The summed E-state index contributed by atoms with van der Waals surface area (Å²) in [6, 6.07) is 10.8. The van der Waals surface area contributed by atoms with Crippen molar-refractivity contribution in [3.05, 3.63) is 46.3 Å². The highest BCUT2D eigenvalue weighted by Gasteiger charge is 2.21. The molecule has 104 valence electrons. The van der Waals surface area contributed by atoms with Gasteiger partial charge in [0.1, 0.15) is 0 Å². The van der Waals surface area contributed by atoms with E-state index in [-0.39, 0.29) is 11.9 Å². The second kappa shape index (κ2) is 5.41. The lowest BCUT2D eigenvalue weighted by Crippen LogP contribution is -2.31. The first-order valence-corrected chi connectivity index (χ1v) is 8.02. The van der Waals surface area contributed by atoms with Crippen LogP contribution in [0.2, 0.25) is 0 Å². The summed E-state index contributed by atoms with van der Waals surface area (Å²) in [5.74, 6) is 0.0660. The number of rotatable bonds is 3. The molecule has 0 saturated heterocycles. The van der Waals surface area contributed by atoms with Crippen LogP contribution in [0.1, 0.15) is 41.1 Å². The maximum absolute atomic E-state index is 12.2. The molecule has 1 N–H and O–H groups in total. The second-order valence-corrected chi connectivity index (χ2v) is 6.46. The zero-order chi connectivity index (χ0) is 14.1. The van der Waals surface area contributed by atoms with Gasteiger partial charge in [0.05, 0.1) is 4.88 Å². The van der Waals surface area contributed by atoms with E-state index in [1.807, 2.05) is 6.92 Å². The number of nitrogens with one attached hydrogen (secondary N) is 1. The molecule has 1 aliphatic rings. The van der Waals surface area contributed by atoms with Crippen molar-refractivity contribution in [1.82, 2.24) is 5.32 Å². The van der Waals surface area contributed by atoms with Gasteiger partial charge in [0, 0.05) is 10.9 Å². The molecule has 1 unspecified atom stereocenters. The van der Waals surface area contributed by atoms with E-state index in [9.17, 15) is 4.79 Å². The van der Waals surface area contributed by atoms with Crippen molar-refractivity contribution < 1.29 is 4.79 Å². The standard InChI is InChI=1S/C17H19NOS/c1-3-11(2)18-17(19)15-10-13-9-8-12-6-4-5-7-14(12)16(13)20-15/h4-7,10-11H,3,8-9H2,1-2H3,(H,18,19). The molecule has 1 aromatic heterocycles. The van der Waals surface area contributed by atoms with Crippen LogP contribution in [0, 0.1) is 0 Å². The first-order valence-electron chi connectivity index (χ1n) is 7.21. The van der Waals surface area contributed by atoms with Crippen molar-refractivity contribution in [2.24, 2.45) is 0 Å². The quantitative estimate of drug-likeness (QED) is 0.906. The van der Waals surface area contributed by atoms with Crippen LogP contribution in [0.3, 0.4) is 0 Å². The summed E-state index contributed by atoms with van der Waals surface area (Å²) in [7, 11) is 0. The third-order valence-corrected chi connectivity index (χ3v) is 5.16. The number of thiophene rings is 1. The van der Waals surface area contributed by atoms with Crippen LogP contribution in [0.15, 0.2) is 30.3 Å².